The summed E-state index contributed by atoms with van der Waals surface area (Å²) in [5.74, 6) is 0.891. The van der Waals surface area contributed by atoms with E-state index in [9.17, 15) is 0 Å². The molecule has 0 spiro atoms. The third kappa shape index (κ3) is 3.12. The van der Waals surface area contributed by atoms with Crippen LogP contribution in [0.2, 0.25) is 5.02 Å². The van der Waals surface area contributed by atoms with Crippen LogP contribution >= 0.6 is 11.6 Å². The number of halogens is 1. The zero-order chi connectivity index (χ0) is 17.1. The maximum absolute atomic E-state index is 6.19. The highest BCUT2D eigenvalue weighted by Crippen LogP contribution is 2.30. The van der Waals surface area contributed by atoms with Gasteiger partial charge in [-0.2, -0.15) is 0 Å². The molecule has 0 aliphatic rings. The SMILES string of the molecule is Clc1ccccc1-c1nnc(-c2ccccc2-c2ccccc2)nn1. The Balaban J connectivity index is 1.76. The fourth-order valence-electron chi connectivity index (χ4n) is 2.64. The molecule has 4 nitrogen and oxygen atoms in total. The summed E-state index contributed by atoms with van der Waals surface area (Å²) in [4.78, 5) is 0. The predicted octanol–water partition coefficient (Wildman–Crippen LogP) is 4.92. The normalized spacial score (nSPS) is 10.6. The van der Waals surface area contributed by atoms with Gasteiger partial charge in [0.2, 0.25) is 11.6 Å². The van der Waals surface area contributed by atoms with Gasteiger partial charge in [-0.05, 0) is 23.3 Å². The average molecular weight is 345 g/mol. The van der Waals surface area contributed by atoms with Gasteiger partial charge in [0.1, 0.15) is 0 Å². The van der Waals surface area contributed by atoms with E-state index in [1.54, 1.807) is 6.07 Å². The minimum absolute atomic E-state index is 0.409. The molecular weight excluding hydrogens is 332 g/mol. The molecule has 0 aliphatic carbocycles. The molecule has 4 rings (SSSR count). The van der Waals surface area contributed by atoms with E-state index < -0.39 is 0 Å². The van der Waals surface area contributed by atoms with Crippen molar-refractivity contribution in [3.8, 4) is 33.9 Å². The van der Waals surface area contributed by atoms with Crippen LogP contribution < -0.4 is 0 Å². The zero-order valence-electron chi connectivity index (χ0n) is 13.2. The minimum atomic E-state index is 0.409. The summed E-state index contributed by atoms with van der Waals surface area (Å²) in [6, 6.07) is 25.4. The molecule has 0 unspecified atom stereocenters. The summed E-state index contributed by atoms with van der Waals surface area (Å²) in [6.07, 6.45) is 0. The van der Waals surface area contributed by atoms with Crippen molar-refractivity contribution in [1.82, 2.24) is 20.4 Å². The molecule has 1 heterocycles. The fraction of sp³-hybridized carbons (Fsp3) is 0. The van der Waals surface area contributed by atoms with Gasteiger partial charge in [-0.15, -0.1) is 20.4 Å². The van der Waals surface area contributed by atoms with Crippen LogP contribution in [0.25, 0.3) is 33.9 Å². The Hall–Kier alpha value is -3.11. The molecule has 0 saturated heterocycles. The molecule has 25 heavy (non-hydrogen) atoms. The van der Waals surface area contributed by atoms with Gasteiger partial charge in [-0.1, -0.05) is 78.3 Å². The molecule has 0 bridgehead atoms. The number of nitrogens with zero attached hydrogens (tertiary/aromatic N) is 4. The van der Waals surface area contributed by atoms with Crippen molar-refractivity contribution in [3.05, 3.63) is 83.9 Å². The maximum atomic E-state index is 6.19. The highest BCUT2D eigenvalue weighted by atomic mass is 35.5. The smallest absolute Gasteiger partial charge is 0.126 e. The quantitative estimate of drug-likeness (QED) is 0.529. The first-order valence-corrected chi connectivity index (χ1v) is 8.18. The number of hydrogen-bond donors (Lipinski definition) is 0. The van der Waals surface area contributed by atoms with Gasteiger partial charge in [-0.25, -0.2) is 0 Å². The third-order valence-corrected chi connectivity index (χ3v) is 4.18. The molecule has 0 saturated carbocycles. The molecular formula is C20H13ClN4. The molecule has 0 radical (unpaired) electrons. The van der Waals surface area contributed by atoms with Crippen molar-refractivity contribution in [2.24, 2.45) is 0 Å². The van der Waals surface area contributed by atoms with Crippen molar-refractivity contribution in [1.29, 1.82) is 0 Å². The molecule has 0 atom stereocenters. The Bertz CT molecular complexity index is 1000. The van der Waals surface area contributed by atoms with Gasteiger partial charge in [0.15, 0.2) is 0 Å². The van der Waals surface area contributed by atoms with Gasteiger partial charge < -0.3 is 0 Å². The van der Waals surface area contributed by atoms with Gasteiger partial charge in [0.25, 0.3) is 0 Å². The fourth-order valence-corrected chi connectivity index (χ4v) is 2.86. The number of hydrogen-bond acceptors (Lipinski definition) is 4. The second-order valence-electron chi connectivity index (χ2n) is 5.44. The highest BCUT2D eigenvalue weighted by molar-refractivity contribution is 6.33. The third-order valence-electron chi connectivity index (χ3n) is 3.85. The zero-order valence-corrected chi connectivity index (χ0v) is 13.9. The van der Waals surface area contributed by atoms with Gasteiger partial charge in [-0.3, -0.25) is 0 Å². The molecule has 3 aromatic carbocycles. The molecule has 0 N–H and O–H groups in total. The molecule has 0 amide bonds. The minimum Gasteiger partial charge on any atom is -0.126 e. The standard InChI is InChI=1S/C20H13ClN4/c21-18-13-7-6-12-17(18)20-24-22-19(23-25-20)16-11-5-4-10-15(16)14-8-2-1-3-9-14/h1-13H. The number of aromatic nitrogens is 4. The lowest BCUT2D eigenvalue weighted by Gasteiger charge is -2.08. The lowest BCUT2D eigenvalue weighted by molar-refractivity contribution is 0.876. The van der Waals surface area contributed by atoms with Crippen molar-refractivity contribution in [2.75, 3.05) is 0 Å². The first-order valence-electron chi connectivity index (χ1n) is 7.80. The molecule has 1 aromatic heterocycles. The Labute approximate surface area is 150 Å². The number of rotatable bonds is 3. The van der Waals surface area contributed by atoms with Crippen molar-refractivity contribution < 1.29 is 0 Å². The molecule has 120 valence electrons. The summed E-state index contributed by atoms with van der Waals surface area (Å²) >= 11 is 6.19. The topological polar surface area (TPSA) is 51.6 Å². The van der Waals surface area contributed by atoms with E-state index in [0.29, 0.717) is 22.2 Å². The first-order chi connectivity index (χ1) is 12.3. The predicted molar refractivity (Wildman–Crippen MR) is 98.9 cm³/mol. The van der Waals surface area contributed by atoms with E-state index >= 15 is 0 Å². The van der Waals surface area contributed by atoms with Crippen molar-refractivity contribution in [2.45, 2.75) is 0 Å². The van der Waals surface area contributed by atoms with Crippen LogP contribution in [0.5, 0.6) is 0 Å². The Kier molecular flexibility index (Phi) is 4.19. The monoisotopic (exact) mass is 344 g/mol. The highest BCUT2D eigenvalue weighted by Gasteiger charge is 2.12. The van der Waals surface area contributed by atoms with E-state index in [-0.39, 0.29) is 0 Å². The second kappa shape index (κ2) is 6.79. The number of benzene rings is 3. The van der Waals surface area contributed by atoms with Crippen LogP contribution in [0, 0.1) is 0 Å². The summed E-state index contributed by atoms with van der Waals surface area (Å²) in [7, 11) is 0. The summed E-state index contributed by atoms with van der Waals surface area (Å²) < 4.78 is 0. The van der Waals surface area contributed by atoms with Gasteiger partial charge in [0, 0.05) is 11.1 Å². The lowest BCUT2D eigenvalue weighted by atomic mass is 9.99. The van der Waals surface area contributed by atoms with E-state index in [2.05, 4.69) is 32.5 Å². The second-order valence-corrected chi connectivity index (χ2v) is 5.85. The van der Waals surface area contributed by atoms with Gasteiger partial charge in [0.05, 0.1) is 5.02 Å². The van der Waals surface area contributed by atoms with E-state index in [1.807, 2.05) is 60.7 Å². The summed E-state index contributed by atoms with van der Waals surface area (Å²) in [6.45, 7) is 0. The summed E-state index contributed by atoms with van der Waals surface area (Å²) in [5.41, 5.74) is 3.74. The van der Waals surface area contributed by atoms with Crippen LogP contribution in [-0.2, 0) is 0 Å². The molecule has 0 fully saturated rings. The van der Waals surface area contributed by atoms with E-state index in [4.69, 9.17) is 11.6 Å². The van der Waals surface area contributed by atoms with E-state index in [0.717, 1.165) is 16.7 Å². The average Bonchev–Trinajstić information content (AvgIpc) is 2.69. The Morgan fingerprint density at radius 1 is 0.480 bits per heavy atom. The van der Waals surface area contributed by atoms with Crippen LogP contribution in [0.4, 0.5) is 0 Å². The molecule has 0 aliphatic heterocycles. The van der Waals surface area contributed by atoms with Crippen LogP contribution in [-0.4, -0.2) is 20.4 Å². The Morgan fingerprint density at radius 3 is 1.60 bits per heavy atom. The first kappa shape index (κ1) is 15.4. The maximum Gasteiger partial charge on any atom is 0.205 e. The van der Waals surface area contributed by atoms with Crippen molar-refractivity contribution in [3.63, 3.8) is 0 Å². The van der Waals surface area contributed by atoms with Crippen LogP contribution in [0.1, 0.15) is 0 Å². The van der Waals surface area contributed by atoms with Gasteiger partial charge >= 0.3 is 0 Å². The van der Waals surface area contributed by atoms with Crippen LogP contribution in [0.15, 0.2) is 78.9 Å². The van der Waals surface area contributed by atoms with E-state index in [1.165, 1.54) is 0 Å². The Morgan fingerprint density at radius 2 is 0.960 bits per heavy atom. The summed E-state index contributed by atoms with van der Waals surface area (Å²) in [5, 5.41) is 17.5. The van der Waals surface area contributed by atoms with Crippen LogP contribution in [0.3, 0.4) is 0 Å². The largest absolute Gasteiger partial charge is 0.205 e. The molecule has 4 aromatic rings. The van der Waals surface area contributed by atoms with Crippen molar-refractivity contribution >= 4 is 11.6 Å². The lowest BCUT2D eigenvalue weighted by Crippen LogP contribution is -2.00. The molecule has 5 heteroatoms.